The molecular formula is C25H31N7O8. The summed E-state index contributed by atoms with van der Waals surface area (Å²) in [4.78, 5) is 71.4. The Kier molecular flexibility index (Phi) is 10.3. The van der Waals surface area contributed by atoms with Crippen LogP contribution in [0.3, 0.4) is 0 Å². The minimum absolute atomic E-state index is 0.0139. The summed E-state index contributed by atoms with van der Waals surface area (Å²) < 4.78 is 0. The number of aromatic nitrogens is 3. The van der Waals surface area contributed by atoms with Gasteiger partial charge in [-0.2, -0.15) is 0 Å². The van der Waals surface area contributed by atoms with Crippen LogP contribution < -0.4 is 21.7 Å². The molecule has 0 aliphatic heterocycles. The Morgan fingerprint density at radius 3 is 2.23 bits per heavy atom. The summed E-state index contributed by atoms with van der Waals surface area (Å²) in [6.07, 6.45) is 3.80. The Labute approximate surface area is 227 Å². The van der Waals surface area contributed by atoms with Crippen LogP contribution in [0.5, 0.6) is 0 Å². The van der Waals surface area contributed by atoms with Gasteiger partial charge in [0.25, 0.3) is 0 Å². The van der Waals surface area contributed by atoms with Crippen molar-refractivity contribution in [3.8, 4) is 0 Å². The van der Waals surface area contributed by atoms with E-state index in [2.05, 4.69) is 30.9 Å². The van der Waals surface area contributed by atoms with Gasteiger partial charge in [0, 0.05) is 48.3 Å². The Morgan fingerprint density at radius 1 is 0.900 bits per heavy atom. The molecule has 0 spiro atoms. The minimum Gasteiger partial charge on any atom is -0.481 e. The molecular weight excluding hydrogens is 526 g/mol. The van der Waals surface area contributed by atoms with Gasteiger partial charge in [-0.05, 0) is 18.1 Å². The van der Waals surface area contributed by atoms with Crippen LogP contribution in [0.4, 0.5) is 0 Å². The fourth-order valence-electron chi connectivity index (χ4n) is 4.00. The van der Waals surface area contributed by atoms with Crippen molar-refractivity contribution in [3.63, 3.8) is 0 Å². The largest absolute Gasteiger partial charge is 0.481 e. The van der Waals surface area contributed by atoms with E-state index in [0.29, 0.717) is 11.3 Å². The summed E-state index contributed by atoms with van der Waals surface area (Å²) in [5.74, 6) is -5.27. The lowest BCUT2D eigenvalue weighted by Crippen LogP contribution is -2.58. The van der Waals surface area contributed by atoms with Gasteiger partial charge in [0.2, 0.25) is 17.7 Å². The van der Waals surface area contributed by atoms with Gasteiger partial charge in [0.1, 0.15) is 18.1 Å². The second-order valence-corrected chi connectivity index (χ2v) is 9.09. The SMILES string of the molecule is NC(Cc1cnc[nH]1)C(=O)NC(Cc1c[nH]c2ccccc12)C(=O)NC(CCC(=O)O)C(=O)NC(CO)C(=O)O. The number of benzene rings is 1. The molecule has 214 valence electrons. The number of para-hydroxylation sites is 1. The summed E-state index contributed by atoms with van der Waals surface area (Å²) in [6, 6.07) is 1.85. The van der Waals surface area contributed by atoms with E-state index in [4.69, 9.17) is 15.9 Å². The van der Waals surface area contributed by atoms with E-state index in [0.717, 1.165) is 10.9 Å². The second-order valence-electron chi connectivity index (χ2n) is 9.09. The van der Waals surface area contributed by atoms with E-state index in [-0.39, 0.29) is 19.3 Å². The van der Waals surface area contributed by atoms with E-state index < -0.39 is 66.9 Å². The number of aliphatic hydroxyl groups is 1. The number of aromatic amines is 2. The zero-order chi connectivity index (χ0) is 29.2. The standard InChI is InChI=1S/C25H31N7O8/c26-16(8-14-10-27-12-29-14)22(36)31-19(7-13-9-28-17-4-2-1-3-15(13)17)24(38)30-18(5-6-21(34)35)23(37)32-20(11-33)25(39)40/h1-4,9-10,12,16,18-20,28,33H,5-8,11,26H2,(H,27,29)(H,30,38)(H,31,36)(H,32,37)(H,34,35)(H,39,40). The number of nitrogens with one attached hydrogen (secondary N) is 5. The van der Waals surface area contributed by atoms with Crippen molar-refractivity contribution in [2.24, 2.45) is 5.73 Å². The van der Waals surface area contributed by atoms with Gasteiger partial charge in [-0.15, -0.1) is 0 Å². The van der Waals surface area contributed by atoms with Gasteiger partial charge < -0.3 is 47.0 Å². The van der Waals surface area contributed by atoms with Crippen molar-refractivity contribution < 1.29 is 39.3 Å². The van der Waals surface area contributed by atoms with Crippen LogP contribution in [0.2, 0.25) is 0 Å². The topological polar surface area (TPSA) is 253 Å². The van der Waals surface area contributed by atoms with Gasteiger partial charge in [-0.1, -0.05) is 18.2 Å². The molecule has 3 rings (SSSR count). The third-order valence-corrected chi connectivity index (χ3v) is 6.14. The maximum atomic E-state index is 13.4. The number of carboxylic acid groups (broad SMARTS) is 2. The normalized spacial score (nSPS) is 14.1. The van der Waals surface area contributed by atoms with Crippen molar-refractivity contribution in [2.75, 3.05) is 6.61 Å². The Balaban J connectivity index is 1.83. The van der Waals surface area contributed by atoms with Crippen LogP contribution in [-0.4, -0.2) is 90.7 Å². The molecule has 0 bridgehead atoms. The molecule has 0 aliphatic rings. The summed E-state index contributed by atoms with van der Waals surface area (Å²) in [5.41, 5.74) is 8.11. The van der Waals surface area contributed by atoms with E-state index >= 15 is 0 Å². The first-order chi connectivity index (χ1) is 19.1. The van der Waals surface area contributed by atoms with Crippen molar-refractivity contribution in [1.29, 1.82) is 0 Å². The van der Waals surface area contributed by atoms with E-state index in [9.17, 15) is 29.1 Å². The molecule has 0 radical (unpaired) electrons. The molecule has 2 aromatic heterocycles. The van der Waals surface area contributed by atoms with Crippen molar-refractivity contribution in [1.82, 2.24) is 30.9 Å². The molecule has 2 heterocycles. The summed E-state index contributed by atoms with van der Waals surface area (Å²) in [7, 11) is 0. The maximum Gasteiger partial charge on any atom is 0.328 e. The quantitative estimate of drug-likeness (QED) is 0.103. The highest BCUT2D eigenvalue weighted by atomic mass is 16.4. The first-order valence-corrected chi connectivity index (χ1v) is 12.3. The monoisotopic (exact) mass is 557 g/mol. The number of amides is 3. The molecule has 4 unspecified atom stereocenters. The molecule has 4 atom stereocenters. The molecule has 0 fully saturated rings. The van der Waals surface area contributed by atoms with E-state index in [1.807, 2.05) is 18.2 Å². The molecule has 15 heteroatoms. The minimum atomic E-state index is -1.67. The summed E-state index contributed by atoms with van der Waals surface area (Å²) in [6.45, 7) is -0.922. The predicted molar refractivity (Wildman–Crippen MR) is 140 cm³/mol. The van der Waals surface area contributed by atoms with Crippen molar-refractivity contribution in [2.45, 2.75) is 49.9 Å². The van der Waals surface area contributed by atoms with Crippen LogP contribution >= 0.6 is 0 Å². The number of aliphatic carboxylic acids is 2. The number of carboxylic acids is 2. The summed E-state index contributed by atoms with van der Waals surface area (Å²) >= 11 is 0. The first kappa shape index (κ1) is 29.8. The highest BCUT2D eigenvalue weighted by Gasteiger charge is 2.31. The van der Waals surface area contributed by atoms with Gasteiger partial charge >= 0.3 is 11.9 Å². The number of hydrogen-bond donors (Lipinski definition) is 9. The number of H-pyrrole nitrogens is 2. The third-order valence-electron chi connectivity index (χ3n) is 6.14. The second kappa shape index (κ2) is 13.9. The Morgan fingerprint density at radius 2 is 1.57 bits per heavy atom. The third kappa shape index (κ3) is 8.12. The van der Waals surface area contributed by atoms with Crippen LogP contribution in [-0.2, 0) is 36.8 Å². The van der Waals surface area contributed by atoms with Gasteiger partial charge in [-0.25, -0.2) is 9.78 Å². The van der Waals surface area contributed by atoms with E-state index in [1.54, 1.807) is 12.3 Å². The van der Waals surface area contributed by atoms with Crippen molar-refractivity contribution in [3.05, 3.63) is 54.2 Å². The Hall–Kier alpha value is -4.76. The maximum absolute atomic E-state index is 13.4. The number of nitrogens with two attached hydrogens (primary N) is 1. The molecule has 0 aliphatic carbocycles. The fraction of sp³-hybridized carbons (Fsp3) is 0.360. The number of nitrogens with zero attached hydrogens (tertiary/aromatic N) is 1. The number of fused-ring (bicyclic) bond motifs is 1. The average molecular weight is 558 g/mol. The number of hydrogen-bond acceptors (Lipinski definition) is 8. The van der Waals surface area contributed by atoms with Gasteiger partial charge in [-0.3, -0.25) is 19.2 Å². The lowest BCUT2D eigenvalue weighted by Gasteiger charge is -2.25. The highest BCUT2D eigenvalue weighted by Crippen LogP contribution is 2.19. The molecule has 0 saturated heterocycles. The number of rotatable bonds is 15. The molecule has 10 N–H and O–H groups in total. The lowest BCUT2D eigenvalue weighted by molar-refractivity contribution is -0.144. The molecule has 3 amide bonds. The lowest BCUT2D eigenvalue weighted by atomic mass is 10.0. The van der Waals surface area contributed by atoms with Gasteiger partial charge in [0.05, 0.1) is 19.0 Å². The van der Waals surface area contributed by atoms with Gasteiger partial charge in [0.15, 0.2) is 0 Å². The number of aliphatic hydroxyl groups excluding tert-OH is 1. The zero-order valence-corrected chi connectivity index (χ0v) is 21.3. The zero-order valence-electron chi connectivity index (χ0n) is 21.3. The van der Waals surface area contributed by atoms with E-state index in [1.165, 1.54) is 12.5 Å². The summed E-state index contributed by atoms with van der Waals surface area (Å²) in [5, 5.41) is 35.4. The fourth-order valence-corrected chi connectivity index (χ4v) is 4.00. The molecule has 1 aromatic carbocycles. The smallest absolute Gasteiger partial charge is 0.328 e. The number of carbonyl (C=O) groups is 5. The van der Waals surface area contributed by atoms with Crippen LogP contribution in [0.25, 0.3) is 10.9 Å². The number of imidazole rings is 1. The molecule has 3 aromatic rings. The number of carbonyl (C=O) groups excluding carboxylic acids is 3. The van der Waals surface area contributed by atoms with Crippen molar-refractivity contribution >= 4 is 40.6 Å². The highest BCUT2D eigenvalue weighted by molar-refractivity contribution is 5.95. The molecule has 0 saturated carbocycles. The predicted octanol–water partition coefficient (Wildman–Crippen LogP) is -1.60. The van der Waals surface area contributed by atoms with Crippen LogP contribution in [0.15, 0.2) is 43.0 Å². The first-order valence-electron chi connectivity index (χ1n) is 12.3. The van der Waals surface area contributed by atoms with Crippen LogP contribution in [0.1, 0.15) is 24.1 Å². The van der Waals surface area contributed by atoms with Crippen LogP contribution in [0, 0.1) is 0 Å². The Bertz CT molecular complexity index is 1340. The molecule has 40 heavy (non-hydrogen) atoms. The molecule has 15 nitrogen and oxygen atoms in total. The average Bonchev–Trinajstić information content (AvgIpc) is 3.58.